The maximum atomic E-state index is 12.0. The Morgan fingerprint density at radius 1 is 0.714 bits per heavy atom. The summed E-state index contributed by atoms with van der Waals surface area (Å²) < 4.78 is 11.0. The first-order valence-corrected chi connectivity index (χ1v) is 13.6. The van der Waals surface area contributed by atoms with Crippen LogP contribution in [0.4, 0.5) is 0 Å². The molecule has 0 rings (SSSR count). The van der Waals surface area contributed by atoms with Gasteiger partial charge in [0, 0.05) is 0 Å². The van der Waals surface area contributed by atoms with Crippen LogP contribution in [0.5, 0.6) is 0 Å². The average Bonchev–Trinajstić information content (AvgIpc) is 2.68. The fourth-order valence-electron chi connectivity index (χ4n) is 2.95. The van der Waals surface area contributed by atoms with Crippen LogP contribution >= 0.6 is 45.2 Å². The van der Waals surface area contributed by atoms with E-state index in [1.807, 2.05) is 0 Å². The van der Waals surface area contributed by atoms with Crippen molar-refractivity contribution in [3.63, 3.8) is 0 Å². The van der Waals surface area contributed by atoms with Crippen LogP contribution in [0.25, 0.3) is 0 Å². The van der Waals surface area contributed by atoms with E-state index in [0.29, 0.717) is 6.61 Å². The van der Waals surface area contributed by atoms with Gasteiger partial charge in [0.1, 0.15) is 14.0 Å². The van der Waals surface area contributed by atoms with Crippen molar-refractivity contribution in [3.8, 4) is 0 Å². The number of halogens is 2. The van der Waals surface area contributed by atoms with Crippen molar-refractivity contribution in [2.75, 3.05) is 6.61 Å². The highest BCUT2D eigenvalue weighted by Crippen LogP contribution is 2.17. The molecule has 0 N–H and O–H groups in total. The summed E-state index contributed by atoms with van der Waals surface area (Å²) in [6, 6.07) is 0. The molecule has 3 unspecified atom stereocenters. The summed E-state index contributed by atoms with van der Waals surface area (Å²) >= 11 is 4.37. The highest BCUT2D eigenvalue weighted by atomic mass is 127. The quantitative estimate of drug-likeness (QED) is 0.0704. The maximum absolute atomic E-state index is 12.0. The SMILES string of the molecule is CCCC(I)C(=O)OCCCCCCCCCC(CC)OC(=O)C(I)CCC. The molecular formula is C22H40I2O4. The Kier molecular flexibility index (Phi) is 19.6. The minimum absolute atomic E-state index is 0.00299. The van der Waals surface area contributed by atoms with Crippen molar-refractivity contribution in [2.45, 2.75) is 118 Å². The van der Waals surface area contributed by atoms with E-state index in [4.69, 9.17) is 9.47 Å². The van der Waals surface area contributed by atoms with Crippen molar-refractivity contribution < 1.29 is 19.1 Å². The van der Waals surface area contributed by atoms with E-state index in [9.17, 15) is 9.59 Å². The van der Waals surface area contributed by atoms with Gasteiger partial charge in [-0.05, 0) is 38.5 Å². The normalized spacial score (nSPS) is 14.3. The molecular weight excluding hydrogens is 582 g/mol. The molecule has 0 heterocycles. The Morgan fingerprint density at radius 2 is 1.21 bits per heavy atom. The first kappa shape index (κ1) is 28.4. The van der Waals surface area contributed by atoms with Crippen LogP contribution in [-0.4, -0.2) is 32.5 Å². The summed E-state index contributed by atoms with van der Waals surface area (Å²) in [7, 11) is 0. The third-order valence-electron chi connectivity index (χ3n) is 4.75. The minimum Gasteiger partial charge on any atom is -0.465 e. The van der Waals surface area contributed by atoms with Crippen molar-refractivity contribution in [1.82, 2.24) is 0 Å². The minimum atomic E-state index is -0.0581. The fourth-order valence-corrected chi connectivity index (χ4v) is 4.52. The van der Waals surface area contributed by atoms with Gasteiger partial charge >= 0.3 is 11.9 Å². The van der Waals surface area contributed by atoms with E-state index in [2.05, 4.69) is 66.0 Å². The van der Waals surface area contributed by atoms with E-state index >= 15 is 0 Å². The molecule has 28 heavy (non-hydrogen) atoms. The number of esters is 2. The lowest BCUT2D eigenvalue weighted by Crippen LogP contribution is -2.24. The molecule has 0 aliphatic heterocycles. The van der Waals surface area contributed by atoms with E-state index in [1.165, 1.54) is 25.7 Å². The molecule has 0 radical (unpaired) electrons. The van der Waals surface area contributed by atoms with Gasteiger partial charge < -0.3 is 9.47 Å². The third kappa shape index (κ3) is 15.3. The Hall–Kier alpha value is 0.400. The van der Waals surface area contributed by atoms with Crippen LogP contribution in [0, 0.1) is 0 Å². The van der Waals surface area contributed by atoms with Crippen molar-refractivity contribution in [2.24, 2.45) is 0 Å². The van der Waals surface area contributed by atoms with Gasteiger partial charge in [-0.3, -0.25) is 9.59 Å². The zero-order valence-electron chi connectivity index (χ0n) is 18.0. The van der Waals surface area contributed by atoms with E-state index in [0.717, 1.165) is 57.8 Å². The molecule has 0 saturated heterocycles. The van der Waals surface area contributed by atoms with Gasteiger partial charge in [-0.25, -0.2) is 0 Å². The summed E-state index contributed by atoms with van der Waals surface area (Å²) in [6.45, 7) is 6.83. The van der Waals surface area contributed by atoms with Crippen LogP contribution in [0.15, 0.2) is 0 Å². The molecule has 0 saturated carbocycles. The van der Waals surface area contributed by atoms with Crippen LogP contribution in [0.1, 0.15) is 104 Å². The second-order valence-electron chi connectivity index (χ2n) is 7.41. The number of ether oxygens (including phenoxy) is 2. The second-order valence-corrected chi connectivity index (χ2v) is 10.4. The lowest BCUT2D eigenvalue weighted by molar-refractivity contribution is -0.148. The van der Waals surface area contributed by atoms with Gasteiger partial charge in [0.2, 0.25) is 0 Å². The van der Waals surface area contributed by atoms with E-state index < -0.39 is 0 Å². The fraction of sp³-hybridized carbons (Fsp3) is 0.909. The Labute approximate surface area is 199 Å². The van der Waals surface area contributed by atoms with Gasteiger partial charge in [-0.2, -0.15) is 0 Å². The molecule has 0 spiro atoms. The van der Waals surface area contributed by atoms with Gasteiger partial charge in [0.05, 0.1) is 6.61 Å². The van der Waals surface area contributed by atoms with Crippen LogP contribution in [-0.2, 0) is 19.1 Å². The molecule has 0 aromatic carbocycles. The van der Waals surface area contributed by atoms with Crippen LogP contribution < -0.4 is 0 Å². The molecule has 0 fully saturated rings. The zero-order chi connectivity index (χ0) is 21.2. The molecule has 0 bridgehead atoms. The predicted octanol–water partition coefficient (Wildman–Crippen LogP) is 7.18. The Balaban J connectivity index is 3.59. The standard InChI is InChI=1S/C22H40I2O4/c1-4-14-19(23)21(25)27-17-13-11-9-7-8-10-12-16-18(6-3)28-22(26)20(24)15-5-2/h18-20H,4-17H2,1-3H3. The highest BCUT2D eigenvalue weighted by molar-refractivity contribution is 14.1. The van der Waals surface area contributed by atoms with Crippen molar-refractivity contribution >= 4 is 57.1 Å². The second kappa shape index (κ2) is 19.4. The largest absolute Gasteiger partial charge is 0.465 e. The molecule has 0 aliphatic carbocycles. The lowest BCUT2D eigenvalue weighted by Gasteiger charge is -2.18. The summed E-state index contributed by atoms with van der Waals surface area (Å²) in [4.78, 5) is 23.7. The Morgan fingerprint density at radius 3 is 1.75 bits per heavy atom. The highest BCUT2D eigenvalue weighted by Gasteiger charge is 2.19. The number of hydrogen-bond donors (Lipinski definition) is 0. The van der Waals surface area contributed by atoms with Gasteiger partial charge in [-0.1, -0.05) is 111 Å². The molecule has 4 nitrogen and oxygen atoms in total. The summed E-state index contributed by atoms with van der Waals surface area (Å²) in [5, 5.41) is 0. The number of rotatable bonds is 18. The van der Waals surface area contributed by atoms with E-state index in [-0.39, 0.29) is 25.9 Å². The maximum Gasteiger partial charge on any atom is 0.319 e. The molecule has 6 heteroatoms. The van der Waals surface area contributed by atoms with Crippen molar-refractivity contribution in [3.05, 3.63) is 0 Å². The average molecular weight is 622 g/mol. The molecule has 0 amide bonds. The summed E-state index contributed by atoms with van der Waals surface area (Å²) in [5.74, 6) is -0.101. The van der Waals surface area contributed by atoms with Gasteiger partial charge in [0.15, 0.2) is 0 Å². The van der Waals surface area contributed by atoms with Gasteiger partial charge in [-0.15, -0.1) is 0 Å². The molecule has 0 aromatic rings. The molecule has 0 aromatic heterocycles. The van der Waals surface area contributed by atoms with Crippen LogP contribution in [0.2, 0.25) is 0 Å². The number of unbranched alkanes of at least 4 members (excludes halogenated alkanes) is 6. The number of carbonyl (C=O) groups is 2. The summed E-state index contributed by atoms with van der Waals surface area (Å²) in [6.07, 6.45) is 13.8. The van der Waals surface area contributed by atoms with Gasteiger partial charge in [0.25, 0.3) is 0 Å². The third-order valence-corrected chi connectivity index (χ3v) is 7.01. The number of carbonyl (C=O) groups excluding carboxylic acids is 2. The molecule has 166 valence electrons. The smallest absolute Gasteiger partial charge is 0.319 e. The zero-order valence-corrected chi connectivity index (χ0v) is 22.3. The molecule has 3 atom stereocenters. The summed E-state index contributed by atoms with van der Waals surface area (Å²) in [5.41, 5.74) is 0. The topological polar surface area (TPSA) is 52.6 Å². The van der Waals surface area contributed by atoms with Crippen LogP contribution in [0.3, 0.4) is 0 Å². The Bertz CT molecular complexity index is 404. The molecule has 0 aliphatic rings. The van der Waals surface area contributed by atoms with Crippen molar-refractivity contribution in [1.29, 1.82) is 0 Å². The number of alkyl halides is 2. The van der Waals surface area contributed by atoms with E-state index in [1.54, 1.807) is 0 Å². The monoisotopic (exact) mass is 622 g/mol. The first-order chi connectivity index (χ1) is 13.5. The first-order valence-electron chi connectivity index (χ1n) is 11.1. The lowest BCUT2D eigenvalue weighted by atomic mass is 10.1. The predicted molar refractivity (Wildman–Crippen MR) is 133 cm³/mol. The number of hydrogen-bond acceptors (Lipinski definition) is 4.